The van der Waals surface area contributed by atoms with Crippen LogP contribution in [0.2, 0.25) is 0 Å². The first kappa shape index (κ1) is 13.2. The van der Waals surface area contributed by atoms with Crippen molar-refractivity contribution in [1.82, 2.24) is 5.32 Å². The van der Waals surface area contributed by atoms with Gasteiger partial charge in [0.1, 0.15) is 5.72 Å². The van der Waals surface area contributed by atoms with E-state index in [0.29, 0.717) is 11.8 Å². The molecule has 0 spiro atoms. The first-order chi connectivity index (χ1) is 5.52. The lowest BCUT2D eigenvalue weighted by molar-refractivity contribution is -0.111. The third-order valence-electron chi connectivity index (χ3n) is 2.31. The molecule has 2 nitrogen and oxygen atoms in total. The Morgan fingerprint density at radius 2 is 2.15 bits per heavy atom. The summed E-state index contributed by atoms with van der Waals surface area (Å²) >= 11 is 0. The first-order valence-electron chi connectivity index (χ1n) is 4.91. The lowest BCUT2D eigenvalue weighted by Gasteiger charge is -2.38. The summed E-state index contributed by atoms with van der Waals surface area (Å²) in [5.74, 6) is 1.35. The molecule has 0 aliphatic carbocycles. The molecule has 0 aromatic rings. The molecular formula is C10H22ClNO. The van der Waals surface area contributed by atoms with Crippen molar-refractivity contribution in [2.75, 3.05) is 13.2 Å². The SMILES string of the molecule is CC(C)CC1(C)NCC(C)CO1.Cl. The largest absolute Gasteiger partial charge is 0.361 e. The number of halogens is 1. The van der Waals surface area contributed by atoms with Crippen molar-refractivity contribution in [1.29, 1.82) is 0 Å². The van der Waals surface area contributed by atoms with Gasteiger partial charge in [-0.25, -0.2) is 0 Å². The van der Waals surface area contributed by atoms with Crippen molar-refractivity contribution in [2.45, 2.75) is 39.8 Å². The highest BCUT2D eigenvalue weighted by Crippen LogP contribution is 2.22. The molecule has 80 valence electrons. The van der Waals surface area contributed by atoms with E-state index in [1.807, 2.05) is 0 Å². The Morgan fingerprint density at radius 3 is 2.54 bits per heavy atom. The molecule has 0 aromatic carbocycles. The fraction of sp³-hybridized carbons (Fsp3) is 1.00. The minimum atomic E-state index is -0.0688. The number of ether oxygens (including phenoxy) is 1. The molecule has 1 heterocycles. The van der Waals surface area contributed by atoms with Crippen LogP contribution in [0.25, 0.3) is 0 Å². The Hall–Kier alpha value is 0.210. The Morgan fingerprint density at radius 1 is 1.54 bits per heavy atom. The highest BCUT2D eigenvalue weighted by molar-refractivity contribution is 5.85. The average molecular weight is 208 g/mol. The summed E-state index contributed by atoms with van der Waals surface area (Å²) < 4.78 is 5.78. The third-order valence-corrected chi connectivity index (χ3v) is 2.31. The highest BCUT2D eigenvalue weighted by Gasteiger charge is 2.30. The molecule has 1 aliphatic heterocycles. The molecular weight excluding hydrogens is 186 g/mol. The van der Waals surface area contributed by atoms with Gasteiger partial charge in [-0.2, -0.15) is 0 Å². The second kappa shape index (κ2) is 5.18. The van der Waals surface area contributed by atoms with Gasteiger partial charge in [-0.15, -0.1) is 12.4 Å². The van der Waals surface area contributed by atoms with Gasteiger partial charge in [-0.3, -0.25) is 5.32 Å². The topological polar surface area (TPSA) is 21.3 Å². The van der Waals surface area contributed by atoms with Crippen LogP contribution in [0.15, 0.2) is 0 Å². The quantitative estimate of drug-likeness (QED) is 0.751. The van der Waals surface area contributed by atoms with Crippen molar-refractivity contribution >= 4 is 12.4 Å². The minimum Gasteiger partial charge on any atom is -0.361 e. The van der Waals surface area contributed by atoms with E-state index in [-0.39, 0.29) is 18.1 Å². The van der Waals surface area contributed by atoms with Gasteiger partial charge < -0.3 is 4.74 Å². The molecule has 13 heavy (non-hydrogen) atoms. The number of nitrogens with one attached hydrogen (secondary N) is 1. The average Bonchev–Trinajstić information content (AvgIpc) is 1.94. The highest BCUT2D eigenvalue weighted by atomic mass is 35.5. The maximum Gasteiger partial charge on any atom is 0.116 e. The fourth-order valence-corrected chi connectivity index (χ4v) is 1.74. The second-order valence-electron chi connectivity index (χ2n) is 4.63. The first-order valence-corrected chi connectivity index (χ1v) is 4.91. The van der Waals surface area contributed by atoms with Crippen molar-refractivity contribution in [3.63, 3.8) is 0 Å². The fourth-order valence-electron chi connectivity index (χ4n) is 1.74. The molecule has 1 rings (SSSR count). The van der Waals surface area contributed by atoms with Crippen LogP contribution >= 0.6 is 12.4 Å². The van der Waals surface area contributed by atoms with Crippen molar-refractivity contribution in [2.24, 2.45) is 11.8 Å². The molecule has 2 unspecified atom stereocenters. The minimum absolute atomic E-state index is 0. The van der Waals surface area contributed by atoms with E-state index in [0.717, 1.165) is 19.6 Å². The summed E-state index contributed by atoms with van der Waals surface area (Å²) in [6.45, 7) is 10.8. The standard InChI is InChI=1S/C10H21NO.ClH/c1-8(2)5-10(4)11-6-9(3)7-12-10;/h8-9,11H,5-7H2,1-4H3;1H. The van der Waals surface area contributed by atoms with Crippen LogP contribution in [0.3, 0.4) is 0 Å². The van der Waals surface area contributed by atoms with Gasteiger partial charge in [0.25, 0.3) is 0 Å². The summed E-state index contributed by atoms with van der Waals surface area (Å²) in [6.07, 6.45) is 1.10. The Kier molecular flexibility index (Phi) is 5.26. The Labute approximate surface area is 87.8 Å². The summed E-state index contributed by atoms with van der Waals surface area (Å²) in [6, 6.07) is 0. The molecule has 3 heteroatoms. The number of rotatable bonds is 2. The summed E-state index contributed by atoms with van der Waals surface area (Å²) in [7, 11) is 0. The Balaban J connectivity index is 0.00000144. The number of hydrogen-bond donors (Lipinski definition) is 1. The maximum atomic E-state index is 5.78. The third kappa shape index (κ3) is 4.30. The smallest absolute Gasteiger partial charge is 0.116 e. The molecule has 1 saturated heterocycles. The van der Waals surface area contributed by atoms with E-state index in [9.17, 15) is 0 Å². The molecule has 1 fully saturated rings. The molecule has 1 aliphatic rings. The lowest BCUT2D eigenvalue weighted by Crippen LogP contribution is -2.52. The molecule has 0 radical (unpaired) electrons. The summed E-state index contributed by atoms with van der Waals surface area (Å²) in [5, 5.41) is 3.45. The zero-order chi connectivity index (χ0) is 9.19. The summed E-state index contributed by atoms with van der Waals surface area (Å²) in [4.78, 5) is 0. The van der Waals surface area contributed by atoms with Crippen LogP contribution in [0, 0.1) is 11.8 Å². The van der Waals surface area contributed by atoms with E-state index < -0.39 is 0 Å². The van der Waals surface area contributed by atoms with E-state index in [1.165, 1.54) is 0 Å². The maximum absolute atomic E-state index is 5.78. The predicted octanol–water partition coefficient (Wildman–Crippen LogP) is 2.43. The zero-order valence-electron chi connectivity index (χ0n) is 9.09. The van der Waals surface area contributed by atoms with Gasteiger partial charge in [-0.1, -0.05) is 20.8 Å². The number of hydrogen-bond acceptors (Lipinski definition) is 2. The van der Waals surface area contributed by atoms with E-state index in [2.05, 4.69) is 33.0 Å². The lowest BCUT2D eigenvalue weighted by atomic mass is 9.99. The van der Waals surface area contributed by atoms with Crippen LogP contribution in [-0.4, -0.2) is 18.9 Å². The van der Waals surface area contributed by atoms with Crippen LogP contribution in [0.5, 0.6) is 0 Å². The summed E-state index contributed by atoms with van der Waals surface area (Å²) in [5.41, 5.74) is -0.0688. The predicted molar refractivity (Wildman–Crippen MR) is 58.2 cm³/mol. The van der Waals surface area contributed by atoms with Gasteiger partial charge in [0.05, 0.1) is 6.61 Å². The van der Waals surface area contributed by atoms with Crippen LogP contribution in [-0.2, 0) is 4.74 Å². The molecule has 2 atom stereocenters. The van der Waals surface area contributed by atoms with E-state index in [1.54, 1.807) is 0 Å². The van der Waals surface area contributed by atoms with Crippen molar-refractivity contribution in [3.8, 4) is 0 Å². The Bertz CT molecular complexity index is 142. The molecule has 0 bridgehead atoms. The van der Waals surface area contributed by atoms with Crippen LogP contribution < -0.4 is 5.32 Å². The molecule has 0 saturated carbocycles. The molecule has 1 N–H and O–H groups in total. The van der Waals surface area contributed by atoms with Crippen LogP contribution in [0.1, 0.15) is 34.1 Å². The zero-order valence-corrected chi connectivity index (χ0v) is 9.91. The van der Waals surface area contributed by atoms with Crippen LogP contribution in [0.4, 0.5) is 0 Å². The van der Waals surface area contributed by atoms with E-state index >= 15 is 0 Å². The van der Waals surface area contributed by atoms with Gasteiger partial charge in [0.2, 0.25) is 0 Å². The van der Waals surface area contributed by atoms with Gasteiger partial charge in [0, 0.05) is 6.54 Å². The van der Waals surface area contributed by atoms with Gasteiger partial charge in [-0.05, 0) is 25.2 Å². The second-order valence-corrected chi connectivity index (χ2v) is 4.63. The van der Waals surface area contributed by atoms with E-state index in [4.69, 9.17) is 4.74 Å². The normalized spacial score (nSPS) is 34.4. The van der Waals surface area contributed by atoms with Gasteiger partial charge >= 0.3 is 0 Å². The van der Waals surface area contributed by atoms with Crippen molar-refractivity contribution in [3.05, 3.63) is 0 Å². The molecule has 0 aromatic heterocycles. The van der Waals surface area contributed by atoms with Gasteiger partial charge in [0.15, 0.2) is 0 Å². The molecule has 0 amide bonds. The van der Waals surface area contributed by atoms with Crippen molar-refractivity contribution < 1.29 is 4.74 Å². The monoisotopic (exact) mass is 207 g/mol.